The molecule has 0 bridgehead atoms. The van der Waals surface area contributed by atoms with Gasteiger partial charge in [-0.15, -0.1) is 10.2 Å². The normalized spacial score (nSPS) is 15.9. The molecule has 37 heavy (non-hydrogen) atoms. The predicted molar refractivity (Wildman–Crippen MR) is 126 cm³/mol. The molecule has 0 atom stereocenters. The summed E-state index contributed by atoms with van der Waals surface area (Å²) in [6.45, 7) is 1.33. The van der Waals surface area contributed by atoms with Crippen molar-refractivity contribution in [3.05, 3.63) is 65.8 Å². The third-order valence-electron chi connectivity index (χ3n) is 5.75. The molecule has 14 heteroatoms. The second-order valence-corrected chi connectivity index (χ2v) is 10.7. The van der Waals surface area contributed by atoms with Crippen molar-refractivity contribution in [3.63, 3.8) is 0 Å². The maximum absolute atomic E-state index is 14.9. The van der Waals surface area contributed by atoms with E-state index in [2.05, 4.69) is 19.9 Å². The van der Waals surface area contributed by atoms with Crippen LogP contribution < -0.4 is 10.2 Å². The number of para-hydroxylation sites is 1. The zero-order chi connectivity index (χ0) is 26.6. The largest absolute Gasteiger partial charge is 0.470 e. The van der Waals surface area contributed by atoms with Crippen molar-refractivity contribution in [2.75, 3.05) is 42.6 Å². The average Bonchev–Trinajstić information content (AvgIpc) is 3.36. The zero-order valence-electron chi connectivity index (χ0n) is 19.4. The van der Waals surface area contributed by atoms with Crippen LogP contribution in [0, 0.1) is 5.82 Å². The molecule has 0 radical (unpaired) electrons. The van der Waals surface area contributed by atoms with E-state index in [1.807, 2.05) is 4.90 Å². The fraction of sp³-hybridized carbons (Fsp3) is 0.348. The maximum Gasteiger partial charge on any atom is 0.470 e. The molecule has 1 aliphatic heterocycles. The highest BCUT2D eigenvalue weighted by Gasteiger charge is 2.38. The number of sulfone groups is 1. The Morgan fingerprint density at radius 3 is 2.41 bits per heavy atom. The van der Waals surface area contributed by atoms with Crippen LogP contribution in [0.15, 0.2) is 52.9 Å². The fourth-order valence-electron chi connectivity index (χ4n) is 3.71. The van der Waals surface area contributed by atoms with Gasteiger partial charge >= 0.3 is 18.1 Å². The summed E-state index contributed by atoms with van der Waals surface area (Å²) >= 11 is 0. The number of nitrogens with zero attached hydrogens (tertiary/aromatic N) is 4. The summed E-state index contributed by atoms with van der Waals surface area (Å²) in [5.74, 6) is -2.64. The van der Waals surface area contributed by atoms with E-state index in [-0.39, 0.29) is 35.7 Å². The molecule has 2 aromatic carbocycles. The Labute approximate surface area is 210 Å². The first-order chi connectivity index (χ1) is 17.5. The highest BCUT2D eigenvalue weighted by Crippen LogP contribution is 2.31. The maximum atomic E-state index is 14.9. The highest BCUT2D eigenvalue weighted by molar-refractivity contribution is 7.91. The summed E-state index contributed by atoms with van der Waals surface area (Å²) in [5, 5.41) is 9.04. The summed E-state index contributed by atoms with van der Waals surface area (Å²) in [6.07, 6.45) is -4.82. The average molecular weight is 542 g/mol. The zero-order valence-corrected chi connectivity index (χ0v) is 20.2. The smallest absolute Gasteiger partial charge is 0.413 e. The third kappa shape index (κ3) is 6.83. The lowest BCUT2D eigenvalue weighted by Crippen LogP contribution is -2.46. The Hall–Kier alpha value is -3.52. The molecule has 0 spiro atoms. The number of aromatic nitrogens is 2. The van der Waals surface area contributed by atoms with Crippen LogP contribution in [0.2, 0.25) is 0 Å². The topological polar surface area (TPSA) is 109 Å². The predicted octanol–water partition coefficient (Wildman–Crippen LogP) is 3.34. The SMILES string of the molecule is O=C(NCCN1CCS(=O)(=O)CC1)N(Cc1ccc(-c2nnc(C(F)(F)F)o2)cc1F)c1ccccc1. The van der Waals surface area contributed by atoms with Crippen LogP contribution in [0.1, 0.15) is 11.5 Å². The van der Waals surface area contributed by atoms with Crippen LogP contribution in [0.3, 0.4) is 0 Å². The molecular weight excluding hydrogens is 518 g/mol. The minimum absolute atomic E-state index is 0.0384. The molecule has 1 aliphatic rings. The standard InChI is InChI=1S/C23H23F4N5O4S/c24-19-14-16(20-29-30-21(36-20)23(25,26)27)6-7-17(19)15-32(18-4-2-1-3-5-18)22(33)28-8-9-31-10-12-37(34,35)13-11-31/h1-7,14H,8-13,15H2,(H,28,33). The summed E-state index contributed by atoms with van der Waals surface area (Å²) in [6, 6.07) is 11.7. The first kappa shape index (κ1) is 26.5. The second kappa shape index (κ2) is 10.8. The minimum atomic E-state index is -4.82. The van der Waals surface area contributed by atoms with Crippen molar-refractivity contribution in [3.8, 4) is 11.5 Å². The molecule has 3 aromatic rings. The molecule has 2 heterocycles. The molecule has 1 saturated heterocycles. The van der Waals surface area contributed by atoms with Crippen molar-refractivity contribution in [2.45, 2.75) is 12.7 Å². The van der Waals surface area contributed by atoms with Crippen LogP contribution in [-0.4, -0.2) is 67.2 Å². The summed E-state index contributed by atoms with van der Waals surface area (Å²) < 4.78 is 80.9. The number of nitrogens with one attached hydrogen (secondary N) is 1. The van der Waals surface area contributed by atoms with Gasteiger partial charge in [0, 0.05) is 43.0 Å². The van der Waals surface area contributed by atoms with Gasteiger partial charge in [0.1, 0.15) is 5.82 Å². The van der Waals surface area contributed by atoms with Crippen molar-refractivity contribution in [1.29, 1.82) is 0 Å². The summed E-state index contributed by atoms with van der Waals surface area (Å²) in [7, 11) is -3.01. The number of anilines is 1. The number of rotatable bonds is 7. The van der Waals surface area contributed by atoms with Gasteiger partial charge in [-0.05, 0) is 24.3 Å². The van der Waals surface area contributed by atoms with Crippen LogP contribution in [0.25, 0.3) is 11.5 Å². The molecular formula is C23H23F4N5O4S. The highest BCUT2D eigenvalue weighted by atomic mass is 32.2. The Morgan fingerprint density at radius 1 is 1.08 bits per heavy atom. The van der Waals surface area contributed by atoms with Gasteiger partial charge in [-0.3, -0.25) is 9.80 Å². The lowest BCUT2D eigenvalue weighted by molar-refractivity contribution is -0.156. The second-order valence-electron chi connectivity index (χ2n) is 8.36. The quantitative estimate of drug-likeness (QED) is 0.457. The number of hydrogen-bond donors (Lipinski definition) is 1. The van der Waals surface area contributed by atoms with Gasteiger partial charge in [0.05, 0.1) is 18.1 Å². The van der Waals surface area contributed by atoms with Crippen LogP contribution in [0.4, 0.5) is 28.0 Å². The molecule has 0 unspecified atom stereocenters. The molecule has 4 rings (SSSR count). The van der Waals surface area contributed by atoms with Crippen LogP contribution in [0.5, 0.6) is 0 Å². The molecule has 1 fully saturated rings. The number of hydrogen-bond acceptors (Lipinski definition) is 7. The molecule has 1 aromatic heterocycles. The van der Waals surface area contributed by atoms with E-state index in [1.165, 1.54) is 17.0 Å². The molecule has 9 nitrogen and oxygen atoms in total. The first-order valence-electron chi connectivity index (χ1n) is 11.2. The fourth-order valence-corrected chi connectivity index (χ4v) is 4.99. The molecule has 1 N–H and O–H groups in total. The van der Waals surface area contributed by atoms with Gasteiger partial charge in [0.15, 0.2) is 9.84 Å². The van der Waals surface area contributed by atoms with E-state index in [4.69, 9.17) is 0 Å². The number of carbonyl (C=O) groups is 1. The number of benzene rings is 2. The number of urea groups is 1. The molecule has 2 amide bonds. The lowest BCUT2D eigenvalue weighted by Gasteiger charge is -2.28. The molecule has 0 aliphatic carbocycles. The van der Waals surface area contributed by atoms with Gasteiger partial charge in [0.25, 0.3) is 0 Å². The third-order valence-corrected chi connectivity index (χ3v) is 7.36. The van der Waals surface area contributed by atoms with Gasteiger partial charge in [-0.1, -0.05) is 24.3 Å². The van der Waals surface area contributed by atoms with Crippen molar-refractivity contribution in [2.24, 2.45) is 0 Å². The lowest BCUT2D eigenvalue weighted by atomic mass is 10.1. The van der Waals surface area contributed by atoms with E-state index in [0.717, 1.165) is 6.07 Å². The van der Waals surface area contributed by atoms with Gasteiger partial charge < -0.3 is 9.73 Å². The Morgan fingerprint density at radius 2 is 1.78 bits per heavy atom. The number of alkyl halides is 3. The van der Waals surface area contributed by atoms with Crippen molar-refractivity contribution >= 4 is 21.6 Å². The number of amides is 2. The van der Waals surface area contributed by atoms with E-state index in [1.54, 1.807) is 30.3 Å². The molecule has 0 saturated carbocycles. The summed E-state index contributed by atoms with van der Waals surface area (Å²) in [4.78, 5) is 16.3. The van der Waals surface area contributed by atoms with Crippen molar-refractivity contribution in [1.82, 2.24) is 20.4 Å². The van der Waals surface area contributed by atoms with E-state index in [9.17, 15) is 30.8 Å². The van der Waals surface area contributed by atoms with E-state index < -0.39 is 39.6 Å². The van der Waals surface area contributed by atoms with E-state index in [0.29, 0.717) is 25.3 Å². The Balaban J connectivity index is 1.45. The monoisotopic (exact) mass is 541 g/mol. The Kier molecular flexibility index (Phi) is 7.78. The van der Waals surface area contributed by atoms with E-state index >= 15 is 0 Å². The van der Waals surface area contributed by atoms with Gasteiger partial charge in [-0.25, -0.2) is 17.6 Å². The summed E-state index contributed by atoms with van der Waals surface area (Å²) in [5.41, 5.74) is 0.572. The Bertz CT molecular complexity index is 1330. The number of halogens is 4. The first-order valence-corrected chi connectivity index (χ1v) is 13.1. The minimum Gasteiger partial charge on any atom is -0.413 e. The number of carbonyl (C=O) groups excluding carboxylic acids is 1. The van der Waals surface area contributed by atoms with Crippen molar-refractivity contribution < 1.29 is 35.2 Å². The molecule has 198 valence electrons. The van der Waals surface area contributed by atoms with Gasteiger partial charge in [-0.2, -0.15) is 13.2 Å². The van der Waals surface area contributed by atoms with Gasteiger partial charge in [0.2, 0.25) is 5.89 Å². The van der Waals surface area contributed by atoms with Crippen LogP contribution >= 0.6 is 0 Å². The van der Waals surface area contributed by atoms with Crippen LogP contribution in [-0.2, 0) is 22.6 Å².